The quantitative estimate of drug-likeness (QED) is 0.106. The van der Waals surface area contributed by atoms with E-state index in [4.69, 9.17) is 4.74 Å². The van der Waals surface area contributed by atoms with Gasteiger partial charge in [-0.1, -0.05) is 90.3 Å². The van der Waals surface area contributed by atoms with Crippen molar-refractivity contribution < 1.29 is 17.9 Å². The third-order valence-electron chi connectivity index (χ3n) is 10.4. The number of aliphatic imine (C=N–C) groups is 2. The van der Waals surface area contributed by atoms with Gasteiger partial charge in [-0.3, -0.25) is 4.79 Å². The Labute approximate surface area is 304 Å². The van der Waals surface area contributed by atoms with Crippen molar-refractivity contribution in [2.24, 2.45) is 39.6 Å². The zero-order valence-corrected chi connectivity index (χ0v) is 33.2. The molecule has 1 aromatic carbocycles. The van der Waals surface area contributed by atoms with Gasteiger partial charge in [-0.05, 0) is 99.7 Å². The summed E-state index contributed by atoms with van der Waals surface area (Å²) in [5.74, 6) is 1.17. The molecule has 2 aliphatic rings. The van der Waals surface area contributed by atoms with Crippen LogP contribution in [0.3, 0.4) is 0 Å². The molecule has 0 aliphatic carbocycles. The Morgan fingerprint density at radius 1 is 1.02 bits per heavy atom. The van der Waals surface area contributed by atoms with Crippen LogP contribution in [0, 0.1) is 36.5 Å². The SMILES string of the molecule is CC=CC(C)CCC(CCCC)CCc1ccc(C)c(CC(C)C=C(C(C)CC)S(=O)(=O)N2CCN(C3=NCC(C(=O)OCC)C=N3)CC2)c1. The van der Waals surface area contributed by atoms with Gasteiger partial charge in [-0.15, -0.1) is 0 Å². The highest BCUT2D eigenvalue weighted by Gasteiger charge is 2.34. The minimum absolute atomic E-state index is 0.0735. The second-order valence-electron chi connectivity index (χ2n) is 14.6. The Bertz CT molecular complexity index is 1440. The lowest BCUT2D eigenvalue weighted by Gasteiger charge is -2.36. The summed E-state index contributed by atoms with van der Waals surface area (Å²) in [5, 5.41) is 0. The van der Waals surface area contributed by atoms with E-state index in [1.54, 1.807) is 17.4 Å². The second kappa shape index (κ2) is 20.9. The summed E-state index contributed by atoms with van der Waals surface area (Å²) in [7, 11) is -3.64. The molecular weight excluding hydrogens is 645 g/mol. The van der Waals surface area contributed by atoms with Gasteiger partial charge in [0.05, 0.1) is 18.1 Å². The number of carbonyl (C=O) groups excluding carboxylic acids is 1. The lowest BCUT2D eigenvalue weighted by Crippen LogP contribution is -2.51. The summed E-state index contributed by atoms with van der Waals surface area (Å²) in [6.07, 6.45) is 18.4. The molecule has 1 aromatic rings. The first-order valence-electron chi connectivity index (χ1n) is 19.4. The Hall–Kier alpha value is -2.78. The first-order valence-corrected chi connectivity index (χ1v) is 20.8. The Morgan fingerprint density at radius 3 is 2.38 bits per heavy atom. The molecule has 5 unspecified atom stereocenters. The van der Waals surface area contributed by atoms with Crippen LogP contribution in [0.1, 0.15) is 110 Å². The van der Waals surface area contributed by atoms with Crippen molar-refractivity contribution >= 4 is 28.2 Å². The van der Waals surface area contributed by atoms with E-state index in [2.05, 4.69) is 81.9 Å². The van der Waals surface area contributed by atoms with E-state index in [0.717, 1.165) is 25.2 Å². The molecule has 280 valence electrons. The maximum absolute atomic E-state index is 14.1. The van der Waals surface area contributed by atoms with E-state index in [1.165, 1.54) is 55.2 Å². The number of nitrogens with zero attached hydrogens (tertiary/aromatic N) is 4. The molecule has 0 N–H and O–H groups in total. The summed E-state index contributed by atoms with van der Waals surface area (Å²) in [4.78, 5) is 23.5. The third kappa shape index (κ3) is 12.5. The van der Waals surface area contributed by atoms with E-state index in [0.29, 0.717) is 56.1 Å². The van der Waals surface area contributed by atoms with Crippen LogP contribution in [0.5, 0.6) is 0 Å². The minimum atomic E-state index is -3.64. The highest BCUT2D eigenvalue weighted by Crippen LogP contribution is 2.29. The molecule has 2 heterocycles. The van der Waals surface area contributed by atoms with Gasteiger partial charge >= 0.3 is 5.97 Å². The van der Waals surface area contributed by atoms with Crippen LogP contribution in [0.25, 0.3) is 0 Å². The number of piperazine rings is 1. The monoisotopic (exact) mass is 710 g/mol. The van der Waals surface area contributed by atoms with Gasteiger partial charge in [0, 0.05) is 32.4 Å². The van der Waals surface area contributed by atoms with Crippen molar-refractivity contribution in [3.8, 4) is 0 Å². The van der Waals surface area contributed by atoms with Gasteiger partial charge in [0.2, 0.25) is 16.0 Å². The summed E-state index contributed by atoms with van der Waals surface area (Å²) in [6, 6.07) is 6.91. The highest BCUT2D eigenvalue weighted by atomic mass is 32.2. The molecule has 0 spiro atoms. The van der Waals surface area contributed by atoms with Gasteiger partial charge in [0.15, 0.2) is 0 Å². The molecule has 0 aromatic heterocycles. The number of hydrogen-bond donors (Lipinski definition) is 0. The van der Waals surface area contributed by atoms with Crippen LogP contribution < -0.4 is 0 Å². The van der Waals surface area contributed by atoms with Crippen molar-refractivity contribution in [3.05, 3.63) is 58.0 Å². The molecule has 2 aliphatic heterocycles. The van der Waals surface area contributed by atoms with Gasteiger partial charge in [0.25, 0.3) is 0 Å². The van der Waals surface area contributed by atoms with Crippen molar-refractivity contribution in [2.75, 3.05) is 39.3 Å². The maximum atomic E-state index is 14.1. The van der Waals surface area contributed by atoms with E-state index in [-0.39, 0.29) is 17.8 Å². The number of carbonyl (C=O) groups is 1. The Morgan fingerprint density at radius 2 is 1.76 bits per heavy atom. The predicted molar refractivity (Wildman–Crippen MR) is 209 cm³/mol. The smallest absolute Gasteiger partial charge is 0.316 e. The molecule has 3 rings (SSSR count). The van der Waals surface area contributed by atoms with E-state index in [9.17, 15) is 13.2 Å². The Kier molecular flexibility index (Phi) is 17.4. The summed E-state index contributed by atoms with van der Waals surface area (Å²) in [6.45, 7) is 19.3. The van der Waals surface area contributed by atoms with E-state index >= 15 is 0 Å². The first kappa shape index (κ1) is 41.6. The maximum Gasteiger partial charge on any atom is 0.316 e. The fraction of sp³-hybridized carbons (Fsp3) is 0.683. The normalized spacial score (nSPS) is 20.1. The van der Waals surface area contributed by atoms with Gasteiger partial charge in [0.1, 0.15) is 5.92 Å². The number of guanidine groups is 1. The average Bonchev–Trinajstić information content (AvgIpc) is 3.11. The molecular formula is C41H66N4O4S. The number of allylic oxidation sites excluding steroid dienone is 4. The fourth-order valence-electron chi connectivity index (χ4n) is 6.98. The first-order chi connectivity index (χ1) is 23.9. The molecule has 50 heavy (non-hydrogen) atoms. The van der Waals surface area contributed by atoms with Crippen LogP contribution >= 0.6 is 0 Å². The molecule has 1 saturated heterocycles. The van der Waals surface area contributed by atoms with Crippen LogP contribution in [-0.2, 0) is 32.4 Å². The Balaban J connectivity index is 1.66. The highest BCUT2D eigenvalue weighted by molar-refractivity contribution is 7.93. The third-order valence-corrected chi connectivity index (χ3v) is 12.6. The van der Waals surface area contributed by atoms with Gasteiger partial charge in [-0.2, -0.15) is 4.31 Å². The lowest BCUT2D eigenvalue weighted by molar-refractivity contribution is -0.145. The topological polar surface area (TPSA) is 91.6 Å². The number of benzene rings is 1. The zero-order chi connectivity index (χ0) is 36.7. The zero-order valence-electron chi connectivity index (χ0n) is 32.4. The summed E-state index contributed by atoms with van der Waals surface area (Å²) >= 11 is 0. The number of sulfonamides is 1. The van der Waals surface area contributed by atoms with Crippen molar-refractivity contribution in [1.82, 2.24) is 9.21 Å². The summed E-state index contributed by atoms with van der Waals surface area (Å²) < 4.78 is 35.0. The molecule has 1 fully saturated rings. The molecule has 9 heteroatoms. The molecule has 0 amide bonds. The van der Waals surface area contributed by atoms with Crippen molar-refractivity contribution in [2.45, 2.75) is 113 Å². The molecule has 5 atom stereocenters. The number of rotatable bonds is 19. The molecule has 0 radical (unpaired) electrons. The largest absolute Gasteiger partial charge is 0.465 e. The summed E-state index contributed by atoms with van der Waals surface area (Å²) in [5.41, 5.74) is 3.97. The number of unbranched alkanes of at least 4 members (excludes halogenated alkanes) is 1. The number of ether oxygens (including phenoxy) is 1. The second-order valence-corrected chi connectivity index (χ2v) is 16.6. The van der Waals surface area contributed by atoms with Crippen molar-refractivity contribution in [1.29, 1.82) is 0 Å². The average molecular weight is 711 g/mol. The van der Waals surface area contributed by atoms with Gasteiger partial charge in [-0.25, -0.2) is 18.4 Å². The van der Waals surface area contributed by atoms with Crippen LogP contribution in [-0.4, -0.2) is 75.1 Å². The number of aryl methyl sites for hydroxylation is 2. The van der Waals surface area contributed by atoms with Crippen LogP contribution in [0.2, 0.25) is 0 Å². The van der Waals surface area contributed by atoms with Crippen molar-refractivity contribution in [3.63, 3.8) is 0 Å². The van der Waals surface area contributed by atoms with E-state index < -0.39 is 15.9 Å². The predicted octanol–water partition coefficient (Wildman–Crippen LogP) is 8.40. The van der Waals surface area contributed by atoms with E-state index in [1.807, 2.05) is 17.9 Å². The fourth-order valence-corrected chi connectivity index (χ4v) is 9.00. The lowest BCUT2D eigenvalue weighted by atomic mass is 9.87. The standard InChI is InChI=1S/C41H66N4O4S/c1-9-13-15-35(18-16-31(5)14-10-2)20-21-36-19-17-34(8)37(28-36)26-32(6)27-39(33(7)11-3)50(47,48)45-24-22-44(23-25-45)41-42-29-38(30-43-41)40(46)49-12-4/h10,14,17,19,27-29,31-33,35,38H,9,11-13,15-16,18,20-26,30H2,1-8H3. The molecule has 8 nitrogen and oxygen atoms in total. The van der Waals surface area contributed by atoms with Crippen LogP contribution in [0.15, 0.2) is 51.3 Å². The molecule has 0 saturated carbocycles. The number of esters is 1. The minimum Gasteiger partial charge on any atom is -0.465 e. The van der Waals surface area contributed by atoms with Gasteiger partial charge < -0.3 is 9.64 Å². The van der Waals surface area contributed by atoms with Crippen LogP contribution in [0.4, 0.5) is 0 Å². The number of hydrogen-bond acceptors (Lipinski definition) is 7. The molecule has 0 bridgehead atoms.